The van der Waals surface area contributed by atoms with Crippen molar-refractivity contribution in [3.05, 3.63) is 107 Å². The molecule has 0 radical (unpaired) electrons. The number of carboxylic acid groups (broad SMARTS) is 1. The highest BCUT2D eigenvalue weighted by molar-refractivity contribution is 5.80. The van der Waals surface area contributed by atoms with Crippen LogP contribution < -0.4 is 15.5 Å². The zero-order valence-electron chi connectivity index (χ0n) is 22.8. The Labute approximate surface area is 232 Å². The highest BCUT2D eigenvalue weighted by Gasteiger charge is 2.31. The average Bonchev–Trinajstić information content (AvgIpc) is 3.47. The fourth-order valence-electron chi connectivity index (χ4n) is 5.68. The highest BCUT2D eigenvalue weighted by Crippen LogP contribution is 2.32. The minimum absolute atomic E-state index is 0.313. The molecule has 0 saturated heterocycles. The molecule has 1 aliphatic heterocycles. The third-order valence-electron chi connectivity index (χ3n) is 7.46. The van der Waals surface area contributed by atoms with Crippen LogP contribution in [0.2, 0.25) is 0 Å². The van der Waals surface area contributed by atoms with Crippen LogP contribution in [0.5, 0.6) is 5.75 Å². The summed E-state index contributed by atoms with van der Waals surface area (Å²) in [5.74, 6) is 1.23. The lowest BCUT2D eigenvalue weighted by Crippen LogP contribution is -2.26. The summed E-state index contributed by atoms with van der Waals surface area (Å²) in [4.78, 5) is 26.5. The van der Waals surface area contributed by atoms with Gasteiger partial charge in [-0.15, -0.1) is 0 Å². The summed E-state index contributed by atoms with van der Waals surface area (Å²) in [6.45, 7) is 4.26. The van der Waals surface area contributed by atoms with Gasteiger partial charge in [-0.1, -0.05) is 67.9 Å². The molecule has 1 N–H and O–H groups in total. The molecule has 0 fully saturated rings. The lowest BCUT2D eigenvalue weighted by atomic mass is 9.94. The molecular formula is C33H30N4O3. The van der Waals surface area contributed by atoms with Gasteiger partial charge in [-0.25, -0.2) is 9.78 Å². The van der Waals surface area contributed by atoms with Gasteiger partial charge in [0, 0.05) is 24.6 Å². The van der Waals surface area contributed by atoms with E-state index in [2.05, 4.69) is 48.7 Å². The number of hydrogen-bond acceptors (Lipinski definition) is 5. The molecule has 0 spiro atoms. The number of fused-ring (bicyclic) bond motifs is 2. The molecule has 1 atom stereocenters. The largest absolute Gasteiger partial charge is 0.511 e. The van der Waals surface area contributed by atoms with Crippen LogP contribution in [0.3, 0.4) is 0 Å². The maximum Gasteiger partial charge on any atom is 0.511 e. The second-order valence-electron chi connectivity index (χ2n) is 10.3. The Bertz CT molecular complexity index is 1870. The van der Waals surface area contributed by atoms with Crippen LogP contribution in [-0.4, -0.2) is 26.5 Å². The van der Waals surface area contributed by atoms with E-state index < -0.39 is 11.8 Å². The molecule has 0 bridgehead atoms. The summed E-state index contributed by atoms with van der Waals surface area (Å²) in [7, 11) is 2.05. The van der Waals surface area contributed by atoms with E-state index in [-0.39, 0.29) is 0 Å². The molecule has 6 rings (SSSR count). The Kier molecular flexibility index (Phi) is 6.42. The van der Waals surface area contributed by atoms with Gasteiger partial charge in [0.25, 0.3) is 0 Å². The van der Waals surface area contributed by atoms with Crippen LogP contribution in [0.25, 0.3) is 33.5 Å². The van der Waals surface area contributed by atoms with Gasteiger partial charge in [-0.3, -0.25) is 9.98 Å². The number of nitrogens with zero attached hydrogens (tertiary/aromatic N) is 4. The standard InChI is InChI=1S/C33H30N4O3/c1-4-17-33(20-22-13-15-23(16-14-22)25-9-5-8-12-29(25)40-32(38)39)35-27-19-24(18-21(2)30(27)36-33)31-34-26-10-6-7-11-28(26)37(31)3/h5-16,18-19H,4,17,20H2,1-3H3,(H,38,39). The number of carbonyl (C=O) groups is 1. The molecule has 4 aromatic carbocycles. The molecule has 2 heterocycles. The van der Waals surface area contributed by atoms with E-state index in [1.54, 1.807) is 12.1 Å². The minimum Gasteiger partial charge on any atom is -0.449 e. The first-order chi connectivity index (χ1) is 19.4. The zero-order chi connectivity index (χ0) is 27.9. The van der Waals surface area contributed by atoms with E-state index in [1.807, 2.05) is 49.5 Å². The van der Waals surface area contributed by atoms with Crippen molar-refractivity contribution in [3.63, 3.8) is 0 Å². The zero-order valence-corrected chi connectivity index (χ0v) is 22.8. The average molecular weight is 531 g/mol. The minimum atomic E-state index is -1.33. The first-order valence-electron chi connectivity index (χ1n) is 13.5. The second kappa shape index (κ2) is 10.1. The summed E-state index contributed by atoms with van der Waals surface area (Å²) in [6.07, 6.45) is 1.13. The molecule has 0 saturated carbocycles. The molecule has 40 heavy (non-hydrogen) atoms. The molecule has 7 nitrogen and oxygen atoms in total. The maximum absolute atomic E-state index is 11.1. The summed E-state index contributed by atoms with van der Waals surface area (Å²) >= 11 is 0. The number of para-hydroxylation sites is 3. The molecule has 0 aliphatic carbocycles. The fourth-order valence-corrected chi connectivity index (χ4v) is 5.68. The van der Waals surface area contributed by atoms with E-state index in [1.165, 1.54) is 0 Å². The number of ether oxygens (including phenoxy) is 1. The Balaban J connectivity index is 1.34. The van der Waals surface area contributed by atoms with Gasteiger partial charge in [0.1, 0.15) is 11.6 Å². The van der Waals surface area contributed by atoms with Crippen LogP contribution in [0.1, 0.15) is 30.9 Å². The van der Waals surface area contributed by atoms with Crippen molar-refractivity contribution in [1.82, 2.24) is 9.55 Å². The number of aryl methyl sites for hydroxylation is 2. The van der Waals surface area contributed by atoms with Gasteiger partial charge in [0.15, 0.2) is 5.66 Å². The molecule has 0 amide bonds. The third kappa shape index (κ3) is 4.64. The number of imidazole rings is 1. The van der Waals surface area contributed by atoms with Crippen LogP contribution in [0.15, 0.2) is 94.9 Å². The van der Waals surface area contributed by atoms with Crippen molar-refractivity contribution in [3.8, 4) is 28.3 Å². The first-order valence-corrected chi connectivity index (χ1v) is 13.5. The summed E-state index contributed by atoms with van der Waals surface area (Å²) in [5, 5.41) is 11.0. The van der Waals surface area contributed by atoms with Crippen molar-refractivity contribution in [1.29, 1.82) is 0 Å². The quantitative estimate of drug-likeness (QED) is 0.199. The van der Waals surface area contributed by atoms with E-state index in [4.69, 9.17) is 24.8 Å². The van der Waals surface area contributed by atoms with E-state index in [0.29, 0.717) is 12.2 Å². The van der Waals surface area contributed by atoms with Crippen molar-refractivity contribution < 1.29 is 14.6 Å². The van der Waals surface area contributed by atoms with E-state index >= 15 is 0 Å². The summed E-state index contributed by atoms with van der Waals surface area (Å²) in [6, 6.07) is 27.7. The third-order valence-corrected chi connectivity index (χ3v) is 7.46. The number of benzene rings is 4. The van der Waals surface area contributed by atoms with Crippen molar-refractivity contribution in [2.45, 2.75) is 38.8 Å². The van der Waals surface area contributed by atoms with Crippen molar-refractivity contribution >= 4 is 17.2 Å². The normalized spacial score (nSPS) is 15.9. The van der Waals surface area contributed by atoms with Gasteiger partial charge < -0.3 is 14.4 Å². The molecular weight excluding hydrogens is 500 g/mol. The molecule has 1 aromatic heterocycles. The van der Waals surface area contributed by atoms with Gasteiger partial charge >= 0.3 is 6.16 Å². The van der Waals surface area contributed by atoms with Crippen molar-refractivity contribution in [2.75, 3.05) is 0 Å². The predicted molar refractivity (Wildman–Crippen MR) is 155 cm³/mol. The first kappa shape index (κ1) is 25.5. The van der Waals surface area contributed by atoms with Gasteiger partial charge in [0.2, 0.25) is 0 Å². The smallest absolute Gasteiger partial charge is 0.449 e. The summed E-state index contributed by atoms with van der Waals surface area (Å²) < 4.78 is 7.11. The number of hydrogen-bond donors (Lipinski definition) is 1. The van der Waals surface area contributed by atoms with Gasteiger partial charge in [-0.2, -0.15) is 0 Å². The van der Waals surface area contributed by atoms with E-state index in [9.17, 15) is 4.79 Å². The Morgan fingerprint density at radius 2 is 1.70 bits per heavy atom. The lowest BCUT2D eigenvalue weighted by molar-refractivity contribution is 0.144. The summed E-state index contributed by atoms with van der Waals surface area (Å²) in [5.41, 5.74) is 6.35. The molecule has 7 heteroatoms. The SMILES string of the molecule is CCCC1(Cc2ccc(-c3ccccc3OC(=O)O)cc2)N=c2cc(-c3nc4ccccc4n3C)cc(C)c2=N1. The monoisotopic (exact) mass is 530 g/mol. The topological polar surface area (TPSA) is 89.1 Å². The number of rotatable bonds is 7. The lowest BCUT2D eigenvalue weighted by Gasteiger charge is -2.23. The Hall–Kier alpha value is -4.78. The maximum atomic E-state index is 11.1. The van der Waals surface area contributed by atoms with Gasteiger partial charge in [-0.05, 0) is 60.4 Å². The Morgan fingerprint density at radius 1 is 0.950 bits per heavy atom. The molecule has 1 unspecified atom stereocenters. The highest BCUT2D eigenvalue weighted by atomic mass is 16.7. The van der Waals surface area contributed by atoms with Crippen molar-refractivity contribution in [2.24, 2.45) is 17.0 Å². The molecule has 200 valence electrons. The van der Waals surface area contributed by atoms with Crippen LogP contribution in [0.4, 0.5) is 4.79 Å². The molecule has 5 aromatic rings. The fraction of sp³-hybridized carbons (Fsp3) is 0.212. The van der Waals surface area contributed by atoms with E-state index in [0.717, 1.165) is 68.2 Å². The second-order valence-corrected chi connectivity index (χ2v) is 10.3. The van der Waals surface area contributed by atoms with Crippen LogP contribution in [0, 0.1) is 6.92 Å². The van der Waals surface area contributed by atoms with Crippen LogP contribution >= 0.6 is 0 Å². The Morgan fingerprint density at radius 3 is 2.45 bits per heavy atom. The van der Waals surface area contributed by atoms with Crippen LogP contribution in [-0.2, 0) is 13.5 Å². The predicted octanol–water partition coefficient (Wildman–Crippen LogP) is 6.26. The molecule has 1 aliphatic rings. The number of aromatic nitrogens is 2. The van der Waals surface area contributed by atoms with Gasteiger partial charge in [0.05, 0.1) is 21.7 Å².